The lowest BCUT2D eigenvalue weighted by molar-refractivity contribution is -0.116. The van der Waals surface area contributed by atoms with E-state index in [1.807, 2.05) is 13.0 Å². The summed E-state index contributed by atoms with van der Waals surface area (Å²) in [5.41, 5.74) is 0.654. The number of nitrogens with one attached hydrogen (secondary N) is 2. The van der Waals surface area contributed by atoms with Gasteiger partial charge in [-0.2, -0.15) is 5.26 Å². The van der Waals surface area contributed by atoms with E-state index in [0.29, 0.717) is 23.1 Å². The Balaban J connectivity index is 1.89. The van der Waals surface area contributed by atoms with Crippen molar-refractivity contribution in [1.82, 2.24) is 4.72 Å². The fraction of sp³-hybridized carbons (Fsp3) is 0.222. The molecule has 0 aliphatic carbocycles. The van der Waals surface area contributed by atoms with Crippen molar-refractivity contribution in [2.24, 2.45) is 0 Å². The summed E-state index contributed by atoms with van der Waals surface area (Å²) in [6.07, 6.45) is -0.0687. The Morgan fingerprint density at radius 3 is 2.56 bits per heavy atom. The first kappa shape index (κ1) is 20.7. The van der Waals surface area contributed by atoms with E-state index in [0.717, 1.165) is 0 Å². The van der Waals surface area contributed by atoms with Gasteiger partial charge in [-0.3, -0.25) is 4.79 Å². The van der Waals surface area contributed by atoms with Crippen LogP contribution in [0.3, 0.4) is 0 Å². The van der Waals surface area contributed by atoms with Crippen LogP contribution in [0.5, 0.6) is 5.75 Å². The fourth-order valence-electron chi connectivity index (χ4n) is 2.18. The van der Waals surface area contributed by atoms with Gasteiger partial charge in [0.15, 0.2) is 0 Å². The van der Waals surface area contributed by atoms with E-state index in [-0.39, 0.29) is 23.4 Å². The molecule has 0 unspecified atom stereocenters. The van der Waals surface area contributed by atoms with Crippen LogP contribution >= 0.6 is 11.6 Å². The maximum atomic E-state index is 12.2. The Labute approximate surface area is 163 Å². The lowest BCUT2D eigenvalue weighted by atomic mass is 10.2. The normalized spacial score (nSPS) is 10.9. The minimum atomic E-state index is -3.72. The van der Waals surface area contributed by atoms with Gasteiger partial charge in [0.05, 0.1) is 22.1 Å². The first-order chi connectivity index (χ1) is 12.9. The number of nitriles is 1. The summed E-state index contributed by atoms with van der Waals surface area (Å²) in [6.45, 7) is 2.26. The molecular formula is C18H18ClN3O4S. The second kappa shape index (κ2) is 9.37. The highest BCUT2D eigenvalue weighted by Gasteiger charge is 2.14. The van der Waals surface area contributed by atoms with Gasteiger partial charge in [-0.25, -0.2) is 13.1 Å². The maximum absolute atomic E-state index is 12.2. The Morgan fingerprint density at radius 1 is 1.22 bits per heavy atom. The predicted molar refractivity (Wildman–Crippen MR) is 102 cm³/mol. The number of sulfonamides is 1. The topological polar surface area (TPSA) is 108 Å². The second-order valence-electron chi connectivity index (χ2n) is 5.41. The SMILES string of the molecule is CCOc1ccc(S(=O)(=O)NCCC(=O)Nc2ccc(Cl)c(C#N)c2)cc1. The van der Waals surface area contributed by atoms with Crippen molar-refractivity contribution in [3.05, 3.63) is 53.1 Å². The van der Waals surface area contributed by atoms with Gasteiger partial charge in [-0.15, -0.1) is 0 Å². The number of ether oxygens (including phenoxy) is 1. The largest absolute Gasteiger partial charge is 0.494 e. The number of halogens is 1. The molecule has 142 valence electrons. The van der Waals surface area contributed by atoms with Gasteiger partial charge in [0, 0.05) is 18.7 Å². The van der Waals surface area contributed by atoms with Crippen molar-refractivity contribution in [3.8, 4) is 11.8 Å². The summed E-state index contributed by atoms with van der Waals surface area (Å²) in [7, 11) is -3.72. The monoisotopic (exact) mass is 407 g/mol. The Bertz CT molecular complexity index is 954. The molecule has 0 atom stereocenters. The van der Waals surface area contributed by atoms with E-state index >= 15 is 0 Å². The quantitative estimate of drug-likeness (QED) is 0.699. The summed E-state index contributed by atoms with van der Waals surface area (Å²) in [4.78, 5) is 12.0. The fourth-order valence-corrected chi connectivity index (χ4v) is 3.37. The van der Waals surface area contributed by atoms with E-state index in [2.05, 4.69) is 10.0 Å². The third-order valence-electron chi connectivity index (χ3n) is 3.46. The van der Waals surface area contributed by atoms with Crippen LogP contribution in [-0.4, -0.2) is 27.5 Å². The summed E-state index contributed by atoms with van der Waals surface area (Å²) >= 11 is 5.83. The molecule has 9 heteroatoms. The van der Waals surface area contributed by atoms with Crippen molar-refractivity contribution in [3.63, 3.8) is 0 Å². The predicted octanol–water partition coefficient (Wildman–Crippen LogP) is 2.92. The Kier molecular flexibility index (Phi) is 7.19. The van der Waals surface area contributed by atoms with Crippen LogP contribution in [-0.2, 0) is 14.8 Å². The summed E-state index contributed by atoms with van der Waals surface area (Å²) in [6, 6.07) is 12.4. The number of anilines is 1. The minimum Gasteiger partial charge on any atom is -0.494 e. The van der Waals surface area contributed by atoms with E-state index in [4.69, 9.17) is 21.6 Å². The van der Waals surface area contributed by atoms with Crippen molar-refractivity contribution in [2.45, 2.75) is 18.2 Å². The molecule has 0 spiro atoms. The molecule has 0 aliphatic heterocycles. The van der Waals surface area contributed by atoms with E-state index in [1.54, 1.807) is 18.2 Å². The molecule has 0 aliphatic rings. The van der Waals surface area contributed by atoms with Crippen LogP contribution in [0.2, 0.25) is 5.02 Å². The lowest BCUT2D eigenvalue weighted by Crippen LogP contribution is -2.27. The van der Waals surface area contributed by atoms with Gasteiger partial charge >= 0.3 is 0 Å². The third-order valence-corrected chi connectivity index (χ3v) is 5.27. The van der Waals surface area contributed by atoms with Crippen molar-refractivity contribution in [1.29, 1.82) is 5.26 Å². The van der Waals surface area contributed by atoms with Gasteiger partial charge in [0.1, 0.15) is 11.8 Å². The third kappa shape index (κ3) is 5.96. The molecule has 27 heavy (non-hydrogen) atoms. The Morgan fingerprint density at radius 2 is 1.93 bits per heavy atom. The number of hydrogen-bond acceptors (Lipinski definition) is 5. The van der Waals surface area contributed by atoms with Gasteiger partial charge in [-0.1, -0.05) is 11.6 Å². The molecule has 2 rings (SSSR count). The first-order valence-electron chi connectivity index (χ1n) is 8.07. The molecule has 7 nitrogen and oxygen atoms in total. The van der Waals surface area contributed by atoms with Crippen LogP contribution < -0.4 is 14.8 Å². The molecule has 1 amide bonds. The molecule has 0 aromatic heterocycles. The number of hydrogen-bond donors (Lipinski definition) is 2. The van der Waals surface area contributed by atoms with Gasteiger partial charge < -0.3 is 10.1 Å². The maximum Gasteiger partial charge on any atom is 0.240 e. The molecule has 0 bridgehead atoms. The van der Waals surface area contributed by atoms with Crippen molar-refractivity contribution >= 4 is 33.2 Å². The zero-order valence-electron chi connectivity index (χ0n) is 14.5. The Hall–Kier alpha value is -2.60. The molecule has 0 heterocycles. The zero-order valence-corrected chi connectivity index (χ0v) is 16.1. The standard InChI is InChI=1S/C18H18ClN3O4S/c1-2-26-15-4-6-16(7-5-15)27(24,25)21-10-9-18(23)22-14-3-8-17(19)13(11-14)12-20/h3-8,11,21H,2,9-10H2,1H3,(H,22,23). The molecule has 0 saturated carbocycles. The lowest BCUT2D eigenvalue weighted by Gasteiger charge is -2.09. The number of amides is 1. The number of rotatable bonds is 8. The first-order valence-corrected chi connectivity index (χ1v) is 9.94. The smallest absolute Gasteiger partial charge is 0.240 e. The van der Waals surface area contributed by atoms with Crippen LogP contribution in [0.15, 0.2) is 47.4 Å². The van der Waals surface area contributed by atoms with Crippen LogP contribution in [0.4, 0.5) is 5.69 Å². The molecular weight excluding hydrogens is 390 g/mol. The van der Waals surface area contributed by atoms with E-state index in [1.165, 1.54) is 24.3 Å². The number of benzene rings is 2. The highest BCUT2D eigenvalue weighted by atomic mass is 35.5. The highest BCUT2D eigenvalue weighted by molar-refractivity contribution is 7.89. The van der Waals surface area contributed by atoms with Gasteiger partial charge in [-0.05, 0) is 49.4 Å². The van der Waals surface area contributed by atoms with Crippen LogP contribution in [0, 0.1) is 11.3 Å². The average Bonchev–Trinajstić information content (AvgIpc) is 2.64. The number of nitrogens with zero attached hydrogens (tertiary/aromatic N) is 1. The summed E-state index contributed by atoms with van der Waals surface area (Å²) in [5, 5.41) is 11.8. The van der Waals surface area contributed by atoms with E-state index in [9.17, 15) is 13.2 Å². The molecule has 2 aromatic rings. The highest BCUT2D eigenvalue weighted by Crippen LogP contribution is 2.20. The van der Waals surface area contributed by atoms with Crippen LogP contribution in [0.25, 0.3) is 0 Å². The summed E-state index contributed by atoms with van der Waals surface area (Å²) < 4.78 is 32.1. The summed E-state index contributed by atoms with van der Waals surface area (Å²) in [5.74, 6) is 0.186. The number of carbonyl (C=O) groups excluding carboxylic acids is 1. The number of carbonyl (C=O) groups is 1. The van der Waals surface area contributed by atoms with Gasteiger partial charge in [0.25, 0.3) is 0 Å². The zero-order chi connectivity index (χ0) is 19.9. The molecule has 2 N–H and O–H groups in total. The molecule has 2 aromatic carbocycles. The minimum absolute atomic E-state index is 0.0687. The average molecular weight is 408 g/mol. The van der Waals surface area contributed by atoms with Gasteiger partial charge in [0.2, 0.25) is 15.9 Å². The molecule has 0 fully saturated rings. The molecule has 0 saturated heterocycles. The second-order valence-corrected chi connectivity index (χ2v) is 7.58. The van der Waals surface area contributed by atoms with Crippen molar-refractivity contribution < 1.29 is 17.9 Å². The van der Waals surface area contributed by atoms with E-state index < -0.39 is 15.9 Å². The molecule has 0 radical (unpaired) electrons. The van der Waals surface area contributed by atoms with Crippen molar-refractivity contribution in [2.75, 3.05) is 18.5 Å². The van der Waals surface area contributed by atoms with Crippen LogP contribution in [0.1, 0.15) is 18.9 Å².